The molecule has 0 spiro atoms. The largest absolute Gasteiger partial charge is 0.465 e. The lowest BCUT2D eigenvalue weighted by Crippen LogP contribution is -2.38. The number of para-hydroxylation sites is 1. The fraction of sp³-hybridized carbons (Fsp3) is 0.524. The highest BCUT2D eigenvalue weighted by Crippen LogP contribution is 2.34. The molecule has 5 heteroatoms. The third-order valence-electron chi connectivity index (χ3n) is 5.55. The van der Waals surface area contributed by atoms with Crippen LogP contribution in [0.25, 0.3) is 10.9 Å². The van der Waals surface area contributed by atoms with Gasteiger partial charge in [-0.1, -0.05) is 19.1 Å². The van der Waals surface area contributed by atoms with E-state index in [4.69, 9.17) is 4.74 Å². The number of ether oxygens (including phenoxy) is 1. The Hall–Kier alpha value is -2.30. The summed E-state index contributed by atoms with van der Waals surface area (Å²) < 4.78 is 5.06. The van der Waals surface area contributed by atoms with Crippen molar-refractivity contribution in [3.8, 4) is 0 Å². The Labute approximate surface area is 153 Å². The molecule has 138 valence electrons. The summed E-state index contributed by atoms with van der Waals surface area (Å²) in [6.45, 7) is 4.44. The Morgan fingerprint density at radius 3 is 2.81 bits per heavy atom. The van der Waals surface area contributed by atoms with Crippen molar-refractivity contribution in [2.24, 2.45) is 5.92 Å². The van der Waals surface area contributed by atoms with Crippen LogP contribution in [0.5, 0.6) is 0 Å². The molecule has 0 radical (unpaired) electrons. The number of nitrogens with one attached hydrogen (secondary N) is 1. The van der Waals surface area contributed by atoms with E-state index in [1.807, 2.05) is 12.1 Å². The molecule has 26 heavy (non-hydrogen) atoms. The number of hydrogen-bond donors (Lipinski definition) is 1. The summed E-state index contributed by atoms with van der Waals surface area (Å²) in [4.78, 5) is 30.4. The number of rotatable bonds is 5. The van der Waals surface area contributed by atoms with Gasteiger partial charge in [-0.25, -0.2) is 0 Å². The second kappa shape index (κ2) is 6.78. The number of amides is 1. The normalized spacial score (nSPS) is 19.2. The van der Waals surface area contributed by atoms with Crippen LogP contribution in [0.2, 0.25) is 0 Å². The van der Waals surface area contributed by atoms with Crippen molar-refractivity contribution in [2.75, 3.05) is 13.2 Å². The van der Waals surface area contributed by atoms with Crippen LogP contribution in [0.4, 0.5) is 0 Å². The standard InChI is InChI=1S/C21H26N2O3/c1-3-26-19(24)12-23(14-8-9-14)21(25)16-6-4-5-15-17-11-13(2)7-10-18(17)22-20(15)16/h4-6,13-14,22H,3,7-12H2,1-2H3. The molecule has 0 aliphatic heterocycles. The first kappa shape index (κ1) is 17.1. The van der Waals surface area contributed by atoms with Gasteiger partial charge in [-0.05, 0) is 56.6 Å². The number of aryl methyl sites for hydroxylation is 1. The van der Waals surface area contributed by atoms with Crippen molar-refractivity contribution in [1.29, 1.82) is 0 Å². The number of hydrogen-bond acceptors (Lipinski definition) is 3. The molecule has 1 aromatic carbocycles. The fourth-order valence-corrected chi connectivity index (χ4v) is 4.05. The van der Waals surface area contributed by atoms with Crippen LogP contribution in [0, 0.1) is 5.92 Å². The van der Waals surface area contributed by atoms with Gasteiger partial charge in [-0.3, -0.25) is 9.59 Å². The van der Waals surface area contributed by atoms with E-state index in [1.165, 1.54) is 17.7 Å². The first-order chi connectivity index (χ1) is 12.6. The summed E-state index contributed by atoms with van der Waals surface area (Å²) in [5, 5.41) is 1.16. The summed E-state index contributed by atoms with van der Waals surface area (Å²) >= 11 is 0. The van der Waals surface area contributed by atoms with E-state index in [0.717, 1.165) is 36.6 Å². The number of H-pyrrole nitrogens is 1. The van der Waals surface area contributed by atoms with E-state index >= 15 is 0 Å². The zero-order chi connectivity index (χ0) is 18.3. The molecule has 1 fully saturated rings. The van der Waals surface area contributed by atoms with Gasteiger partial charge in [0, 0.05) is 17.1 Å². The maximum atomic E-state index is 13.3. The maximum Gasteiger partial charge on any atom is 0.325 e. The van der Waals surface area contributed by atoms with Crippen LogP contribution in [0.15, 0.2) is 18.2 Å². The predicted octanol–water partition coefficient (Wildman–Crippen LogP) is 3.46. The Bertz CT molecular complexity index is 850. The smallest absolute Gasteiger partial charge is 0.325 e. The van der Waals surface area contributed by atoms with E-state index < -0.39 is 0 Å². The van der Waals surface area contributed by atoms with Crippen LogP contribution in [-0.2, 0) is 22.4 Å². The summed E-state index contributed by atoms with van der Waals surface area (Å²) in [6, 6.07) is 6.09. The van der Waals surface area contributed by atoms with Gasteiger partial charge in [0.25, 0.3) is 5.91 Å². The molecule has 2 aromatic rings. The van der Waals surface area contributed by atoms with Gasteiger partial charge < -0.3 is 14.6 Å². The molecule has 0 bridgehead atoms. The molecule has 0 saturated heterocycles. The van der Waals surface area contributed by atoms with E-state index in [9.17, 15) is 9.59 Å². The second-order valence-electron chi connectivity index (χ2n) is 7.63. The number of carbonyl (C=O) groups excluding carboxylic acids is 2. The molecule has 1 unspecified atom stereocenters. The van der Waals surface area contributed by atoms with Crippen LogP contribution in [0.1, 0.15) is 54.7 Å². The van der Waals surface area contributed by atoms with E-state index in [0.29, 0.717) is 18.1 Å². The molecule has 1 heterocycles. The van der Waals surface area contributed by atoms with E-state index in [1.54, 1.807) is 11.8 Å². The highest BCUT2D eigenvalue weighted by molar-refractivity contribution is 6.07. The summed E-state index contributed by atoms with van der Waals surface area (Å²) in [6.07, 6.45) is 5.19. The third-order valence-corrected chi connectivity index (χ3v) is 5.55. The van der Waals surface area contributed by atoms with Crippen molar-refractivity contribution in [3.63, 3.8) is 0 Å². The maximum absolute atomic E-state index is 13.3. The lowest BCUT2D eigenvalue weighted by atomic mass is 9.87. The van der Waals surface area contributed by atoms with Crippen molar-refractivity contribution in [1.82, 2.24) is 9.88 Å². The fourth-order valence-electron chi connectivity index (χ4n) is 4.05. The number of aromatic nitrogens is 1. The molecule has 1 N–H and O–H groups in total. The van der Waals surface area contributed by atoms with E-state index in [2.05, 4.69) is 18.0 Å². The third kappa shape index (κ3) is 3.11. The van der Waals surface area contributed by atoms with Crippen molar-refractivity contribution in [2.45, 2.75) is 52.0 Å². The van der Waals surface area contributed by atoms with Gasteiger partial charge in [0.15, 0.2) is 0 Å². The van der Waals surface area contributed by atoms with Gasteiger partial charge in [-0.2, -0.15) is 0 Å². The van der Waals surface area contributed by atoms with Gasteiger partial charge >= 0.3 is 5.97 Å². The van der Waals surface area contributed by atoms with Gasteiger partial charge in [0.05, 0.1) is 17.7 Å². The van der Waals surface area contributed by atoms with Crippen LogP contribution in [-0.4, -0.2) is 41.0 Å². The van der Waals surface area contributed by atoms with E-state index in [-0.39, 0.29) is 24.5 Å². The molecule has 2 aliphatic rings. The summed E-state index contributed by atoms with van der Waals surface area (Å²) in [7, 11) is 0. The highest BCUT2D eigenvalue weighted by atomic mass is 16.5. The Morgan fingerprint density at radius 2 is 2.08 bits per heavy atom. The number of fused-ring (bicyclic) bond motifs is 3. The minimum Gasteiger partial charge on any atom is -0.465 e. The zero-order valence-electron chi connectivity index (χ0n) is 15.5. The van der Waals surface area contributed by atoms with Crippen LogP contribution >= 0.6 is 0 Å². The number of aromatic amines is 1. The Morgan fingerprint density at radius 1 is 1.27 bits per heavy atom. The minimum absolute atomic E-state index is 0.0329. The monoisotopic (exact) mass is 354 g/mol. The second-order valence-corrected chi connectivity index (χ2v) is 7.63. The zero-order valence-corrected chi connectivity index (χ0v) is 15.5. The molecule has 5 nitrogen and oxygen atoms in total. The lowest BCUT2D eigenvalue weighted by Gasteiger charge is -2.21. The lowest BCUT2D eigenvalue weighted by molar-refractivity contribution is -0.144. The average Bonchev–Trinajstić information content (AvgIpc) is 3.40. The van der Waals surface area contributed by atoms with Gasteiger partial charge in [-0.15, -0.1) is 0 Å². The molecule has 2 aliphatic carbocycles. The van der Waals surface area contributed by atoms with Crippen molar-refractivity contribution in [3.05, 3.63) is 35.0 Å². The average molecular weight is 354 g/mol. The van der Waals surface area contributed by atoms with Gasteiger partial charge in [0.2, 0.25) is 0 Å². The molecular formula is C21H26N2O3. The minimum atomic E-state index is -0.334. The Balaban J connectivity index is 1.69. The first-order valence-corrected chi connectivity index (χ1v) is 9.67. The predicted molar refractivity (Wildman–Crippen MR) is 100 cm³/mol. The van der Waals surface area contributed by atoms with Crippen LogP contribution in [0.3, 0.4) is 0 Å². The van der Waals surface area contributed by atoms with Gasteiger partial charge in [0.1, 0.15) is 6.54 Å². The molecular weight excluding hydrogens is 328 g/mol. The number of nitrogens with zero attached hydrogens (tertiary/aromatic N) is 1. The molecule has 1 saturated carbocycles. The molecule has 1 aromatic heterocycles. The molecule has 4 rings (SSSR count). The highest BCUT2D eigenvalue weighted by Gasteiger charge is 2.35. The molecule has 1 amide bonds. The quantitative estimate of drug-likeness (QED) is 0.837. The number of benzene rings is 1. The number of esters is 1. The SMILES string of the molecule is CCOC(=O)CN(C(=O)c1cccc2c3c([nH]c12)CCC(C)C3)C1CC1. The summed E-state index contributed by atoms with van der Waals surface area (Å²) in [5.74, 6) is 0.268. The van der Waals surface area contributed by atoms with Crippen molar-refractivity contribution >= 4 is 22.8 Å². The van der Waals surface area contributed by atoms with Crippen molar-refractivity contribution < 1.29 is 14.3 Å². The van der Waals surface area contributed by atoms with Crippen LogP contribution < -0.4 is 0 Å². The summed E-state index contributed by atoms with van der Waals surface area (Å²) in [5.41, 5.74) is 4.21. The molecule has 1 atom stereocenters. The number of carbonyl (C=O) groups is 2. The topological polar surface area (TPSA) is 62.4 Å². The first-order valence-electron chi connectivity index (χ1n) is 9.67. The Kier molecular flexibility index (Phi) is 4.47.